The fourth-order valence-corrected chi connectivity index (χ4v) is 8.78. The predicted octanol–water partition coefficient (Wildman–Crippen LogP) is 6.66. The number of carbonyl (C=O) groups excluding carboxylic acids is 4. The van der Waals surface area contributed by atoms with Gasteiger partial charge in [-0.3, -0.25) is 34.2 Å². The molecule has 2 saturated heterocycles. The van der Waals surface area contributed by atoms with Crippen molar-refractivity contribution in [3.8, 4) is 11.5 Å². The minimum absolute atomic E-state index is 0.120. The molecule has 3 aromatic rings. The average molecular weight is 806 g/mol. The average Bonchev–Trinajstić information content (AvgIpc) is 3.45. The Morgan fingerprint density at radius 1 is 0.833 bits per heavy atom. The number of phenolic OH excluding ortho intramolecular Hbond substituents is 1. The number of phenols is 1. The Hall–Kier alpha value is -5.30. The standard InChI is InChI=1S/C33H17Cl2F8N3O8/c34-31-10-17-14(6-7-15-19(17)28(49)44(27(15)48)11-1-3-12(4-2-11)46(52)53)20(16-9-13(5-8-18(16)47)54-33(41,42)43)32(31,35)30(51)45(29(31)50)26-24(39)22(37)21(36)23(38)25(26)40/h1-6,8-9,15,17,19-20,47H,7,10H2/t15-,17+,19-,20+,31+,32-/m0/s1. The number of nitrogens with zero attached hydrogens (tertiary/aromatic N) is 3. The van der Waals surface area contributed by atoms with Gasteiger partial charge in [-0.1, -0.05) is 11.6 Å². The highest BCUT2D eigenvalue weighted by Gasteiger charge is 2.77. The molecule has 3 fully saturated rings. The number of imide groups is 2. The molecule has 0 radical (unpaired) electrons. The van der Waals surface area contributed by atoms with Crippen molar-refractivity contribution in [2.45, 2.75) is 34.9 Å². The molecular formula is C33H17Cl2F8N3O8. The predicted molar refractivity (Wildman–Crippen MR) is 167 cm³/mol. The van der Waals surface area contributed by atoms with Crippen LogP contribution in [0.5, 0.6) is 11.5 Å². The number of hydrogen-bond acceptors (Lipinski definition) is 8. The van der Waals surface area contributed by atoms with Crippen LogP contribution in [0, 0.1) is 57.0 Å². The van der Waals surface area contributed by atoms with Gasteiger partial charge in [0.2, 0.25) is 17.6 Å². The molecule has 54 heavy (non-hydrogen) atoms. The summed E-state index contributed by atoms with van der Waals surface area (Å²) in [6.07, 6.45) is -5.36. The summed E-state index contributed by atoms with van der Waals surface area (Å²) in [4.78, 5) is 60.9. The number of aromatic hydroxyl groups is 1. The molecule has 2 heterocycles. The fourth-order valence-electron chi connectivity index (χ4n) is 7.85. The summed E-state index contributed by atoms with van der Waals surface area (Å²) >= 11 is 13.9. The number of fused-ring (bicyclic) bond motifs is 4. The number of nitro groups is 1. The number of carbonyl (C=O) groups is 4. The van der Waals surface area contributed by atoms with E-state index in [-0.39, 0.29) is 17.7 Å². The minimum atomic E-state index is -5.32. The Bertz CT molecular complexity index is 2250. The van der Waals surface area contributed by atoms with Gasteiger partial charge in [-0.15, -0.1) is 36.4 Å². The summed E-state index contributed by atoms with van der Waals surface area (Å²) in [5, 5.41) is 22.2. The van der Waals surface area contributed by atoms with Crippen molar-refractivity contribution >= 4 is 63.9 Å². The van der Waals surface area contributed by atoms with Crippen LogP contribution >= 0.6 is 23.2 Å². The molecule has 4 aliphatic rings. The van der Waals surface area contributed by atoms with Crippen LogP contribution in [-0.4, -0.2) is 49.8 Å². The van der Waals surface area contributed by atoms with Crippen molar-refractivity contribution in [2.75, 3.05) is 9.80 Å². The third kappa shape index (κ3) is 5.00. The minimum Gasteiger partial charge on any atom is -0.508 e. The molecule has 2 aliphatic heterocycles. The Balaban J connectivity index is 1.43. The van der Waals surface area contributed by atoms with Gasteiger partial charge in [0.05, 0.1) is 22.4 Å². The number of rotatable bonds is 5. The zero-order valence-corrected chi connectivity index (χ0v) is 27.8. The zero-order valence-electron chi connectivity index (χ0n) is 26.3. The molecule has 0 unspecified atom stereocenters. The monoisotopic (exact) mass is 805 g/mol. The van der Waals surface area contributed by atoms with Gasteiger partial charge in [0.1, 0.15) is 17.2 Å². The first-order valence-electron chi connectivity index (χ1n) is 15.3. The van der Waals surface area contributed by atoms with Gasteiger partial charge in [0, 0.05) is 23.6 Å². The molecule has 1 N–H and O–H groups in total. The third-order valence-electron chi connectivity index (χ3n) is 10.1. The molecule has 0 bridgehead atoms. The third-order valence-corrected chi connectivity index (χ3v) is 11.5. The molecule has 21 heteroatoms. The maximum absolute atomic E-state index is 15.2. The summed E-state index contributed by atoms with van der Waals surface area (Å²) in [6, 6.07) is 6.08. The number of non-ortho nitro benzene ring substituents is 1. The smallest absolute Gasteiger partial charge is 0.508 e. The van der Waals surface area contributed by atoms with Gasteiger partial charge in [0.15, 0.2) is 33.0 Å². The lowest BCUT2D eigenvalue weighted by Crippen LogP contribution is -2.60. The second-order valence-electron chi connectivity index (χ2n) is 12.7. The Morgan fingerprint density at radius 3 is 2.00 bits per heavy atom. The molecule has 4 amide bonds. The van der Waals surface area contributed by atoms with Crippen LogP contribution < -0.4 is 14.5 Å². The van der Waals surface area contributed by atoms with Crippen molar-refractivity contribution in [3.63, 3.8) is 0 Å². The lowest BCUT2D eigenvalue weighted by atomic mass is 9.56. The maximum Gasteiger partial charge on any atom is 0.573 e. The number of hydrogen-bond donors (Lipinski definition) is 1. The largest absolute Gasteiger partial charge is 0.573 e. The second kappa shape index (κ2) is 12.1. The van der Waals surface area contributed by atoms with E-state index in [1.807, 2.05) is 0 Å². The Kier molecular flexibility index (Phi) is 8.30. The van der Waals surface area contributed by atoms with Crippen LogP contribution in [0.15, 0.2) is 54.1 Å². The number of amides is 4. The molecule has 2 aliphatic carbocycles. The molecule has 11 nitrogen and oxygen atoms in total. The summed E-state index contributed by atoms with van der Waals surface area (Å²) in [7, 11) is 0. The number of ether oxygens (including phenoxy) is 1. The second-order valence-corrected chi connectivity index (χ2v) is 14.0. The molecule has 3 aromatic carbocycles. The Labute approximate surface area is 305 Å². The SMILES string of the molecule is O=C1[C@H]2[C@H](CC=C3[C@H]2C[C@@]2(Cl)C(=O)N(c4c(F)c(F)c(F)c(F)c4F)C(=O)[C@@]2(Cl)[C@H]3c2cc(OC(F)(F)F)ccc2O)C(=O)N1c1ccc([N+](=O)[O-])cc1. The van der Waals surface area contributed by atoms with Crippen molar-refractivity contribution < 1.29 is 69.1 Å². The highest BCUT2D eigenvalue weighted by atomic mass is 35.5. The number of benzene rings is 3. The normalized spacial score (nSPS) is 27.9. The molecule has 282 valence electrons. The number of halogens is 10. The first-order valence-corrected chi connectivity index (χ1v) is 16.1. The van der Waals surface area contributed by atoms with Crippen LogP contribution in [-0.2, 0) is 19.2 Å². The van der Waals surface area contributed by atoms with Crippen molar-refractivity contribution in [1.29, 1.82) is 0 Å². The van der Waals surface area contributed by atoms with Gasteiger partial charge < -0.3 is 9.84 Å². The fraction of sp³-hybridized carbons (Fsp3) is 0.273. The van der Waals surface area contributed by atoms with Gasteiger partial charge in [-0.2, -0.15) is 0 Å². The molecular weight excluding hydrogens is 789 g/mol. The van der Waals surface area contributed by atoms with Crippen LogP contribution in [0.25, 0.3) is 0 Å². The zero-order chi connectivity index (χ0) is 39.6. The number of anilines is 2. The quantitative estimate of drug-likeness (QED) is 0.0440. The van der Waals surface area contributed by atoms with E-state index >= 15 is 8.78 Å². The van der Waals surface area contributed by atoms with Crippen molar-refractivity contribution in [3.05, 3.63) is 98.9 Å². The number of alkyl halides is 5. The van der Waals surface area contributed by atoms with E-state index in [4.69, 9.17) is 23.2 Å². The van der Waals surface area contributed by atoms with E-state index < -0.39 is 137 Å². The van der Waals surface area contributed by atoms with Crippen LogP contribution in [0.3, 0.4) is 0 Å². The molecule has 1 saturated carbocycles. The van der Waals surface area contributed by atoms with Crippen LogP contribution in [0.1, 0.15) is 24.3 Å². The van der Waals surface area contributed by atoms with E-state index in [2.05, 4.69) is 4.74 Å². The molecule has 6 atom stereocenters. The summed E-state index contributed by atoms with van der Waals surface area (Å²) in [6.45, 7) is 0. The van der Waals surface area contributed by atoms with Crippen molar-refractivity contribution in [2.24, 2.45) is 17.8 Å². The Morgan fingerprint density at radius 2 is 1.43 bits per heavy atom. The maximum atomic E-state index is 15.2. The van der Waals surface area contributed by atoms with Crippen LogP contribution in [0.4, 0.5) is 52.2 Å². The van der Waals surface area contributed by atoms with E-state index in [1.165, 1.54) is 6.08 Å². The van der Waals surface area contributed by atoms with E-state index in [0.29, 0.717) is 23.1 Å². The lowest BCUT2D eigenvalue weighted by Gasteiger charge is -2.50. The molecule has 0 spiro atoms. The van der Waals surface area contributed by atoms with E-state index in [1.54, 1.807) is 0 Å². The summed E-state index contributed by atoms with van der Waals surface area (Å²) < 4.78 is 117. The molecule has 7 rings (SSSR count). The van der Waals surface area contributed by atoms with Gasteiger partial charge in [-0.25, -0.2) is 26.9 Å². The molecule has 0 aromatic heterocycles. The summed E-state index contributed by atoms with van der Waals surface area (Å²) in [5.41, 5.74) is -3.48. The van der Waals surface area contributed by atoms with Gasteiger partial charge in [-0.05, 0) is 49.1 Å². The van der Waals surface area contributed by atoms with Gasteiger partial charge >= 0.3 is 6.36 Å². The topological polar surface area (TPSA) is 147 Å². The van der Waals surface area contributed by atoms with Gasteiger partial charge in [0.25, 0.3) is 17.5 Å². The van der Waals surface area contributed by atoms with Crippen molar-refractivity contribution in [1.82, 2.24) is 0 Å². The van der Waals surface area contributed by atoms with E-state index in [9.17, 15) is 60.7 Å². The summed E-state index contributed by atoms with van der Waals surface area (Å²) in [5.74, 6) is -27.0. The highest BCUT2D eigenvalue weighted by molar-refractivity contribution is 6.58. The first kappa shape index (κ1) is 37.0. The number of allylic oxidation sites excluding steroid dienone is 2. The van der Waals surface area contributed by atoms with E-state index in [0.717, 1.165) is 24.3 Å². The highest BCUT2D eigenvalue weighted by Crippen LogP contribution is 2.67. The number of nitro benzene ring substituents is 1. The first-order chi connectivity index (χ1) is 25.2. The lowest BCUT2D eigenvalue weighted by molar-refractivity contribution is -0.384. The van der Waals surface area contributed by atoms with Crippen LogP contribution in [0.2, 0.25) is 0 Å².